The zero-order valence-corrected chi connectivity index (χ0v) is 11.3. The summed E-state index contributed by atoms with van der Waals surface area (Å²) in [6, 6.07) is 0.441. The number of aliphatic hydroxyl groups excluding tert-OH is 1. The van der Waals surface area contributed by atoms with Crippen molar-refractivity contribution in [2.45, 2.75) is 52.0 Å². The van der Waals surface area contributed by atoms with E-state index in [0.717, 1.165) is 25.9 Å². The van der Waals surface area contributed by atoms with Gasteiger partial charge < -0.3 is 15.3 Å². The van der Waals surface area contributed by atoms with Crippen LogP contribution in [0.3, 0.4) is 0 Å². The van der Waals surface area contributed by atoms with Gasteiger partial charge >= 0.3 is 0 Å². The zero-order chi connectivity index (χ0) is 12.2. The number of likely N-dealkylation sites (N-methyl/N-ethyl adjacent to an activating group) is 1. The van der Waals surface area contributed by atoms with Crippen LogP contribution in [0.25, 0.3) is 0 Å². The van der Waals surface area contributed by atoms with Gasteiger partial charge in [0, 0.05) is 19.2 Å². The van der Waals surface area contributed by atoms with Gasteiger partial charge in [0.05, 0.1) is 0 Å². The van der Waals surface area contributed by atoms with Crippen molar-refractivity contribution in [3.63, 3.8) is 0 Å². The van der Waals surface area contributed by atoms with Crippen LogP contribution in [0.2, 0.25) is 0 Å². The summed E-state index contributed by atoms with van der Waals surface area (Å²) >= 11 is 0. The van der Waals surface area contributed by atoms with Crippen LogP contribution in [0, 0.1) is 0 Å². The van der Waals surface area contributed by atoms with E-state index < -0.39 is 0 Å². The number of nitrogens with zero attached hydrogens (tertiary/aromatic N) is 1. The van der Waals surface area contributed by atoms with Gasteiger partial charge in [0.2, 0.25) is 0 Å². The first-order chi connectivity index (χ1) is 7.74. The maximum atomic E-state index is 9.00. The van der Waals surface area contributed by atoms with E-state index in [9.17, 15) is 0 Å². The molecule has 0 saturated carbocycles. The molecule has 0 saturated heterocycles. The highest BCUT2D eigenvalue weighted by molar-refractivity contribution is 4.70. The topological polar surface area (TPSA) is 35.5 Å². The molecule has 3 heteroatoms. The maximum absolute atomic E-state index is 9.00. The Morgan fingerprint density at radius 2 is 1.94 bits per heavy atom. The molecule has 0 aromatic carbocycles. The van der Waals surface area contributed by atoms with Crippen molar-refractivity contribution in [1.29, 1.82) is 0 Å². The lowest BCUT2D eigenvalue weighted by molar-refractivity contribution is 0.227. The second kappa shape index (κ2) is 11.4. The van der Waals surface area contributed by atoms with Gasteiger partial charge in [0.15, 0.2) is 0 Å². The Hall–Kier alpha value is -0.120. The lowest BCUT2D eigenvalue weighted by atomic mass is 10.2. The molecule has 0 bridgehead atoms. The lowest BCUT2D eigenvalue weighted by Crippen LogP contribution is -2.40. The highest BCUT2D eigenvalue weighted by Gasteiger charge is 2.09. The average Bonchev–Trinajstić information content (AvgIpc) is 2.26. The van der Waals surface area contributed by atoms with Crippen LogP contribution in [0.4, 0.5) is 0 Å². The van der Waals surface area contributed by atoms with E-state index in [1.807, 2.05) is 0 Å². The van der Waals surface area contributed by atoms with Crippen molar-refractivity contribution in [3.8, 4) is 0 Å². The molecule has 0 heterocycles. The molecule has 2 N–H and O–H groups in total. The summed E-state index contributed by atoms with van der Waals surface area (Å²) in [5, 5.41) is 12.5. The second-order valence-electron chi connectivity index (χ2n) is 4.63. The van der Waals surface area contributed by atoms with E-state index >= 15 is 0 Å². The predicted octanol–water partition coefficient (Wildman–Crippen LogP) is 1.86. The van der Waals surface area contributed by atoms with E-state index in [-0.39, 0.29) is 6.61 Å². The van der Waals surface area contributed by atoms with Gasteiger partial charge in [-0.1, -0.05) is 26.7 Å². The van der Waals surface area contributed by atoms with Crippen LogP contribution in [0.15, 0.2) is 0 Å². The van der Waals surface area contributed by atoms with E-state index in [0.29, 0.717) is 6.04 Å². The van der Waals surface area contributed by atoms with Gasteiger partial charge in [-0.25, -0.2) is 0 Å². The smallest absolute Gasteiger partial charge is 0.0446 e. The Bertz CT molecular complexity index is 142. The van der Waals surface area contributed by atoms with Crippen molar-refractivity contribution in [2.75, 3.05) is 33.3 Å². The summed E-state index contributed by atoms with van der Waals surface area (Å²) in [5.74, 6) is 0. The Balaban J connectivity index is 3.68. The van der Waals surface area contributed by atoms with Gasteiger partial charge in [-0.2, -0.15) is 0 Å². The standard InChI is InChI=1S/C13H30N2O/c1-4-6-7-10-15(3)12-13(8-11-16)14-9-5-2/h13-14,16H,4-12H2,1-3H3. The van der Waals surface area contributed by atoms with Gasteiger partial charge in [-0.05, 0) is 39.4 Å². The Morgan fingerprint density at radius 3 is 2.50 bits per heavy atom. The molecule has 98 valence electrons. The Kier molecular flexibility index (Phi) is 11.3. The molecule has 0 aliphatic heterocycles. The Morgan fingerprint density at radius 1 is 1.19 bits per heavy atom. The molecule has 0 fully saturated rings. The highest BCUT2D eigenvalue weighted by Crippen LogP contribution is 2.00. The number of rotatable bonds is 11. The molecule has 0 aliphatic rings. The SMILES string of the molecule is CCCCCN(C)CC(CCO)NCCC. The molecule has 0 aromatic rings. The minimum atomic E-state index is 0.282. The van der Waals surface area contributed by atoms with Gasteiger partial charge in [-0.15, -0.1) is 0 Å². The molecule has 0 aliphatic carbocycles. The van der Waals surface area contributed by atoms with Crippen LogP contribution < -0.4 is 5.32 Å². The Labute approximate surface area is 101 Å². The molecular weight excluding hydrogens is 200 g/mol. The first-order valence-corrected chi connectivity index (χ1v) is 6.77. The third-order valence-corrected chi connectivity index (χ3v) is 2.84. The van der Waals surface area contributed by atoms with Crippen molar-refractivity contribution in [1.82, 2.24) is 10.2 Å². The van der Waals surface area contributed by atoms with Crippen molar-refractivity contribution >= 4 is 0 Å². The fraction of sp³-hybridized carbons (Fsp3) is 1.00. The quantitative estimate of drug-likeness (QED) is 0.532. The maximum Gasteiger partial charge on any atom is 0.0446 e. The van der Waals surface area contributed by atoms with Crippen molar-refractivity contribution < 1.29 is 5.11 Å². The van der Waals surface area contributed by atoms with Gasteiger partial charge in [0.1, 0.15) is 0 Å². The summed E-state index contributed by atoms with van der Waals surface area (Å²) in [5.41, 5.74) is 0. The first kappa shape index (κ1) is 15.9. The largest absolute Gasteiger partial charge is 0.396 e. The minimum Gasteiger partial charge on any atom is -0.396 e. The van der Waals surface area contributed by atoms with E-state index in [2.05, 4.69) is 31.1 Å². The second-order valence-corrected chi connectivity index (χ2v) is 4.63. The van der Waals surface area contributed by atoms with Gasteiger partial charge in [0.25, 0.3) is 0 Å². The summed E-state index contributed by atoms with van der Waals surface area (Å²) in [6.07, 6.45) is 5.89. The van der Waals surface area contributed by atoms with Crippen LogP contribution in [0.1, 0.15) is 46.0 Å². The molecule has 1 unspecified atom stereocenters. The number of unbranched alkanes of at least 4 members (excludes halogenated alkanes) is 2. The van der Waals surface area contributed by atoms with Gasteiger partial charge in [-0.3, -0.25) is 0 Å². The number of nitrogens with one attached hydrogen (secondary N) is 1. The number of hydrogen-bond donors (Lipinski definition) is 2. The molecule has 16 heavy (non-hydrogen) atoms. The number of hydrogen-bond acceptors (Lipinski definition) is 3. The summed E-state index contributed by atoms with van der Waals surface area (Å²) in [7, 11) is 2.17. The molecule has 0 spiro atoms. The molecule has 1 atom stereocenters. The first-order valence-electron chi connectivity index (χ1n) is 6.77. The third kappa shape index (κ3) is 9.13. The van der Waals surface area contributed by atoms with E-state index in [1.165, 1.54) is 25.8 Å². The fourth-order valence-electron chi connectivity index (χ4n) is 1.86. The normalized spacial score (nSPS) is 13.3. The zero-order valence-electron chi connectivity index (χ0n) is 11.3. The minimum absolute atomic E-state index is 0.282. The molecule has 0 amide bonds. The summed E-state index contributed by atoms with van der Waals surface area (Å²) in [6.45, 7) is 7.96. The molecular formula is C13H30N2O. The molecule has 3 nitrogen and oxygen atoms in total. The van der Waals surface area contributed by atoms with E-state index in [1.54, 1.807) is 0 Å². The number of aliphatic hydroxyl groups is 1. The summed E-state index contributed by atoms with van der Waals surface area (Å²) in [4.78, 5) is 2.37. The van der Waals surface area contributed by atoms with Crippen molar-refractivity contribution in [3.05, 3.63) is 0 Å². The van der Waals surface area contributed by atoms with Crippen LogP contribution in [-0.2, 0) is 0 Å². The van der Waals surface area contributed by atoms with Crippen molar-refractivity contribution in [2.24, 2.45) is 0 Å². The average molecular weight is 230 g/mol. The van der Waals surface area contributed by atoms with E-state index in [4.69, 9.17) is 5.11 Å². The summed E-state index contributed by atoms with van der Waals surface area (Å²) < 4.78 is 0. The third-order valence-electron chi connectivity index (χ3n) is 2.84. The van der Waals surface area contributed by atoms with Crippen LogP contribution in [-0.4, -0.2) is 49.3 Å². The molecule has 0 radical (unpaired) electrons. The fourth-order valence-corrected chi connectivity index (χ4v) is 1.86. The molecule has 0 rings (SSSR count). The molecule has 0 aromatic heterocycles. The highest BCUT2D eigenvalue weighted by atomic mass is 16.3. The monoisotopic (exact) mass is 230 g/mol. The van der Waals surface area contributed by atoms with Crippen LogP contribution >= 0.6 is 0 Å². The lowest BCUT2D eigenvalue weighted by Gasteiger charge is -2.24. The predicted molar refractivity (Wildman–Crippen MR) is 70.8 cm³/mol. The van der Waals surface area contributed by atoms with Crippen LogP contribution in [0.5, 0.6) is 0 Å².